The first-order valence-corrected chi connectivity index (χ1v) is 5.03. The number of hydrogen-bond donors (Lipinski definition) is 2. The van der Waals surface area contributed by atoms with Crippen molar-refractivity contribution < 1.29 is 0 Å². The van der Waals surface area contributed by atoms with E-state index in [1.54, 1.807) is 11.3 Å². The van der Waals surface area contributed by atoms with Gasteiger partial charge in [0.05, 0.1) is 5.69 Å². The first kappa shape index (κ1) is 9.48. The van der Waals surface area contributed by atoms with Gasteiger partial charge < -0.3 is 11.1 Å². The molecule has 3 N–H and O–H groups in total. The summed E-state index contributed by atoms with van der Waals surface area (Å²) in [5.74, 6) is 0.420. The van der Waals surface area contributed by atoms with Crippen molar-refractivity contribution >= 4 is 16.5 Å². The second-order valence-electron chi connectivity index (χ2n) is 2.67. The Morgan fingerprint density at radius 1 is 1.75 bits per heavy atom. The zero-order valence-electron chi connectivity index (χ0n) is 7.50. The van der Waals surface area contributed by atoms with Crippen molar-refractivity contribution in [2.45, 2.75) is 19.3 Å². The lowest BCUT2D eigenvalue weighted by molar-refractivity contribution is 0.659. The molecule has 1 rings (SSSR count). The van der Waals surface area contributed by atoms with Gasteiger partial charge in [-0.15, -0.1) is 11.3 Å². The van der Waals surface area contributed by atoms with Crippen molar-refractivity contribution in [1.29, 1.82) is 0 Å². The van der Waals surface area contributed by atoms with Crippen LogP contribution < -0.4 is 11.1 Å². The number of nitrogens with zero attached hydrogens (tertiary/aromatic N) is 1. The van der Waals surface area contributed by atoms with Gasteiger partial charge in [-0.25, -0.2) is 4.98 Å². The van der Waals surface area contributed by atoms with E-state index in [0.29, 0.717) is 12.5 Å². The molecular formula is C8H15N3S. The molecule has 0 aliphatic carbocycles. The standard InChI is InChI=1S/C8H15N3S/c1-3-6(4-9)7-5-12-8(10-2)11-7/h5-6H,3-4,9H2,1-2H3,(H,10,11). The number of nitrogens with two attached hydrogens (primary N) is 1. The van der Waals surface area contributed by atoms with Gasteiger partial charge in [0.15, 0.2) is 5.13 Å². The number of nitrogens with one attached hydrogen (secondary N) is 1. The Morgan fingerprint density at radius 3 is 2.92 bits per heavy atom. The molecule has 0 saturated heterocycles. The first-order chi connectivity index (χ1) is 5.81. The van der Waals surface area contributed by atoms with E-state index in [-0.39, 0.29) is 0 Å². The van der Waals surface area contributed by atoms with E-state index in [9.17, 15) is 0 Å². The smallest absolute Gasteiger partial charge is 0.182 e. The van der Waals surface area contributed by atoms with Crippen LogP contribution >= 0.6 is 11.3 Å². The minimum Gasteiger partial charge on any atom is -0.365 e. The molecule has 1 heterocycles. The van der Waals surface area contributed by atoms with Crippen LogP contribution in [0.1, 0.15) is 25.0 Å². The van der Waals surface area contributed by atoms with Crippen molar-refractivity contribution in [1.82, 2.24) is 4.98 Å². The summed E-state index contributed by atoms with van der Waals surface area (Å²) in [6, 6.07) is 0. The molecule has 0 radical (unpaired) electrons. The van der Waals surface area contributed by atoms with Crippen molar-refractivity contribution in [3.8, 4) is 0 Å². The van der Waals surface area contributed by atoms with Crippen LogP contribution in [-0.2, 0) is 0 Å². The van der Waals surface area contributed by atoms with Gasteiger partial charge in [-0.05, 0) is 6.42 Å². The number of thiazole rings is 1. The van der Waals surface area contributed by atoms with Crippen molar-refractivity contribution in [2.75, 3.05) is 18.9 Å². The van der Waals surface area contributed by atoms with Gasteiger partial charge in [0.1, 0.15) is 0 Å². The molecule has 0 spiro atoms. The SMILES string of the molecule is CCC(CN)c1csc(NC)n1. The Balaban J connectivity index is 2.72. The lowest BCUT2D eigenvalue weighted by Crippen LogP contribution is -2.11. The van der Waals surface area contributed by atoms with E-state index >= 15 is 0 Å². The molecular weight excluding hydrogens is 170 g/mol. The highest BCUT2D eigenvalue weighted by molar-refractivity contribution is 7.13. The Bertz CT molecular complexity index is 230. The molecule has 1 unspecified atom stereocenters. The maximum atomic E-state index is 5.61. The zero-order valence-corrected chi connectivity index (χ0v) is 8.32. The first-order valence-electron chi connectivity index (χ1n) is 4.15. The predicted octanol–water partition coefficient (Wildman–Crippen LogP) is 1.64. The third kappa shape index (κ3) is 1.95. The van der Waals surface area contributed by atoms with Crippen LogP contribution in [0.3, 0.4) is 0 Å². The molecule has 12 heavy (non-hydrogen) atoms. The molecule has 1 aromatic heterocycles. The van der Waals surface area contributed by atoms with Crippen LogP contribution in [0, 0.1) is 0 Å². The van der Waals surface area contributed by atoms with Gasteiger partial charge in [0.2, 0.25) is 0 Å². The number of anilines is 1. The van der Waals surface area contributed by atoms with E-state index in [0.717, 1.165) is 17.2 Å². The van der Waals surface area contributed by atoms with Crippen LogP contribution in [0.2, 0.25) is 0 Å². The minimum absolute atomic E-state index is 0.420. The predicted molar refractivity (Wildman–Crippen MR) is 53.7 cm³/mol. The van der Waals surface area contributed by atoms with E-state index in [1.807, 2.05) is 7.05 Å². The van der Waals surface area contributed by atoms with Crippen LogP contribution in [-0.4, -0.2) is 18.6 Å². The van der Waals surface area contributed by atoms with Gasteiger partial charge >= 0.3 is 0 Å². The molecule has 0 aliphatic rings. The Hall–Kier alpha value is -0.610. The minimum atomic E-state index is 0.420. The second kappa shape index (κ2) is 4.42. The van der Waals surface area contributed by atoms with Crippen molar-refractivity contribution in [3.63, 3.8) is 0 Å². The third-order valence-corrected chi connectivity index (χ3v) is 2.81. The maximum Gasteiger partial charge on any atom is 0.182 e. The second-order valence-corrected chi connectivity index (χ2v) is 3.53. The van der Waals surface area contributed by atoms with Gasteiger partial charge in [0, 0.05) is 24.9 Å². The fourth-order valence-electron chi connectivity index (χ4n) is 1.09. The Labute approximate surface area is 77.0 Å². The normalized spacial score (nSPS) is 12.9. The summed E-state index contributed by atoms with van der Waals surface area (Å²) >= 11 is 1.63. The number of hydrogen-bond acceptors (Lipinski definition) is 4. The molecule has 1 aromatic rings. The van der Waals surface area contributed by atoms with Crippen LogP contribution in [0.25, 0.3) is 0 Å². The summed E-state index contributed by atoms with van der Waals surface area (Å²) in [7, 11) is 1.88. The van der Waals surface area contributed by atoms with Crippen molar-refractivity contribution in [2.24, 2.45) is 5.73 Å². The summed E-state index contributed by atoms with van der Waals surface area (Å²) in [6.07, 6.45) is 1.06. The summed E-state index contributed by atoms with van der Waals surface area (Å²) < 4.78 is 0. The average molecular weight is 185 g/mol. The number of rotatable bonds is 4. The highest BCUT2D eigenvalue weighted by atomic mass is 32.1. The van der Waals surface area contributed by atoms with E-state index in [2.05, 4.69) is 22.6 Å². The van der Waals surface area contributed by atoms with E-state index < -0.39 is 0 Å². The zero-order chi connectivity index (χ0) is 8.97. The summed E-state index contributed by atoms with van der Waals surface area (Å²) in [4.78, 5) is 4.40. The third-order valence-electron chi connectivity index (χ3n) is 1.93. The molecule has 0 fully saturated rings. The van der Waals surface area contributed by atoms with E-state index in [4.69, 9.17) is 5.73 Å². The molecule has 0 saturated carbocycles. The molecule has 0 aliphatic heterocycles. The van der Waals surface area contributed by atoms with Crippen LogP contribution in [0.15, 0.2) is 5.38 Å². The molecule has 1 atom stereocenters. The Kier molecular flexibility index (Phi) is 3.49. The fourth-order valence-corrected chi connectivity index (χ4v) is 1.84. The lowest BCUT2D eigenvalue weighted by atomic mass is 10.0. The topological polar surface area (TPSA) is 50.9 Å². The molecule has 3 nitrogen and oxygen atoms in total. The van der Waals surface area contributed by atoms with Gasteiger partial charge in [-0.1, -0.05) is 6.92 Å². The van der Waals surface area contributed by atoms with Gasteiger partial charge in [-0.3, -0.25) is 0 Å². The molecule has 0 amide bonds. The summed E-state index contributed by atoms with van der Waals surface area (Å²) in [5.41, 5.74) is 6.73. The highest BCUT2D eigenvalue weighted by Crippen LogP contribution is 2.22. The average Bonchev–Trinajstić information content (AvgIpc) is 2.55. The quantitative estimate of drug-likeness (QED) is 0.749. The van der Waals surface area contributed by atoms with Crippen LogP contribution in [0.5, 0.6) is 0 Å². The molecule has 0 aromatic carbocycles. The highest BCUT2D eigenvalue weighted by Gasteiger charge is 2.10. The van der Waals surface area contributed by atoms with Crippen LogP contribution in [0.4, 0.5) is 5.13 Å². The summed E-state index contributed by atoms with van der Waals surface area (Å²) in [5, 5.41) is 6.06. The number of aromatic nitrogens is 1. The van der Waals surface area contributed by atoms with Gasteiger partial charge in [0.25, 0.3) is 0 Å². The maximum absolute atomic E-state index is 5.61. The molecule has 68 valence electrons. The summed E-state index contributed by atoms with van der Waals surface area (Å²) in [6.45, 7) is 2.82. The van der Waals surface area contributed by atoms with E-state index in [1.165, 1.54) is 0 Å². The fraction of sp³-hybridized carbons (Fsp3) is 0.625. The van der Waals surface area contributed by atoms with Crippen molar-refractivity contribution in [3.05, 3.63) is 11.1 Å². The molecule has 0 bridgehead atoms. The molecule has 4 heteroatoms. The van der Waals surface area contributed by atoms with Gasteiger partial charge in [-0.2, -0.15) is 0 Å². The largest absolute Gasteiger partial charge is 0.365 e. The lowest BCUT2D eigenvalue weighted by Gasteiger charge is -2.07. The Morgan fingerprint density at radius 2 is 2.50 bits per heavy atom. The monoisotopic (exact) mass is 185 g/mol.